The third kappa shape index (κ3) is 4.62. The molecule has 1 fully saturated rings. The molecule has 0 amide bonds. The van der Waals surface area contributed by atoms with Gasteiger partial charge in [0.1, 0.15) is 6.10 Å². The number of carbonyl (C=O) groups excluding carboxylic acids is 1. The number of nitrogens with one attached hydrogen (secondary N) is 1. The van der Waals surface area contributed by atoms with Crippen LogP contribution < -0.4 is 0 Å². The quantitative estimate of drug-likeness (QED) is 0.438. The fraction of sp³-hybridized carbons (Fsp3) is 0.400. The molecule has 1 aliphatic heterocycles. The molecular weight excluding hydrogens is 440 g/mol. The number of aromatic amines is 1. The van der Waals surface area contributed by atoms with Gasteiger partial charge in [0.2, 0.25) is 0 Å². The predicted molar refractivity (Wildman–Crippen MR) is 125 cm³/mol. The summed E-state index contributed by atoms with van der Waals surface area (Å²) in [6, 6.07) is 14.3. The first-order valence-electron chi connectivity index (χ1n) is 10.8. The molecule has 1 aliphatic rings. The molecule has 30 heavy (non-hydrogen) atoms. The monoisotopic (exact) mass is 468 g/mol. The van der Waals surface area contributed by atoms with Gasteiger partial charge in [-0.15, -0.1) is 0 Å². The Morgan fingerprint density at radius 1 is 1.17 bits per heavy atom. The van der Waals surface area contributed by atoms with Crippen molar-refractivity contribution in [3.05, 3.63) is 69.3 Å². The molecule has 4 nitrogen and oxygen atoms in total. The second-order valence-electron chi connectivity index (χ2n) is 8.23. The number of piperidine rings is 1. The van der Waals surface area contributed by atoms with E-state index in [1.165, 1.54) is 37.9 Å². The van der Waals surface area contributed by atoms with E-state index in [1.807, 2.05) is 38.1 Å². The van der Waals surface area contributed by atoms with Crippen LogP contribution in [0.4, 0.5) is 0 Å². The summed E-state index contributed by atoms with van der Waals surface area (Å²) in [4.78, 5) is 19.0. The lowest BCUT2D eigenvalue weighted by Gasteiger charge is -2.26. The van der Waals surface area contributed by atoms with Crippen LogP contribution in [0.15, 0.2) is 46.9 Å². The number of aryl methyl sites for hydroxylation is 1. The van der Waals surface area contributed by atoms with Crippen molar-refractivity contribution in [1.29, 1.82) is 0 Å². The summed E-state index contributed by atoms with van der Waals surface area (Å²) in [5, 5.41) is 0.952. The largest absolute Gasteiger partial charge is 0.454 e. The normalized spacial score (nSPS) is 16.0. The van der Waals surface area contributed by atoms with Gasteiger partial charge in [-0.3, -0.25) is 0 Å². The number of H-pyrrole nitrogens is 1. The zero-order valence-corrected chi connectivity index (χ0v) is 19.3. The van der Waals surface area contributed by atoms with Gasteiger partial charge in [0.05, 0.1) is 5.56 Å². The first-order chi connectivity index (χ1) is 14.5. The van der Waals surface area contributed by atoms with E-state index in [0.717, 1.165) is 39.6 Å². The highest BCUT2D eigenvalue weighted by Gasteiger charge is 2.21. The molecule has 5 heteroatoms. The Hall–Kier alpha value is -2.11. The van der Waals surface area contributed by atoms with Crippen molar-refractivity contribution >= 4 is 32.8 Å². The van der Waals surface area contributed by atoms with Crippen LogP contribution in [0.5, 0.6) is 0 Å². The molecule has 1 aromatic heterocycles. The molecule has 0 spiro atoms. The number of aromatic nitrogens is 1. The molecule has 0 bridgehead atoms. The highest BCUT2D eigenvalue weighted by Crippen LogP contribution is 2.29. The van der Waals surface area contributed by atoms with Gasteiger partial charge in [-0.05, 0) is 70.0 Å². The summed E-state index contributed by atoms with van der Waals surface area (Å²) < 4.78 is 6.79. The minimum Gasteiger partial charge on any atom is -0.454 e. The number of likely N-dealkylation sites (tertiary alicyclic amines) is 1. The number of fused-ring (bicyclic) bond motifs is 1. The van der Waals surface area contributed by atoms with E-state index < -0.39 is 0 Å². The molecule has 1 atom stereocenters. The van der Waals surface area contributed by atoms with E-state index in [-0.39, 0.29) is 12.1 Å². The number of benzene rings is 2. The van der Waals surface area contributed by atoms with E-state index in [1.54, 1.807) is 0 Å². The molecule has 0 radical (unpaired) electrons. The molecule has 158 valence electrons. The van der Waals surface area contributed by atoms with Crippen LogP contribution in [-0.2, 0) is 11.2 Å². The number of hydrogen-bond acceptors (Lipinski definition) is 3. The van der Waals surface area contributed by atoms with Gasteiger partial charge in [-0.25, -0.2) is 4.79 Å². The fourth-order valence-electron chi connectivity index (χ4n) is 4.35. The molecule has 1 N–H and O–H groups in total. The molecule has 0 saturated carbocycles. The van der Waals surface area contributed by atoms with Crippen molar-refractivity contribution in [2.45, 2.75) is 45.6 Å². The maximum Gasteiger partial charge on any atom is 0.341 e. The summed E-state index contributed by atoms with van der Waals surface area (Å²) in [7, 11) is 0. The average molecular weight is 469 g/mol. The number of halogens is 1. The number of hydrogen-bond donors (Lipinski definition) is 1. The molecular formula is C25H29BrN2O2. The van der Waals surface area contributed by atoms with Gasteiger partial charge >= 0.3 is 5.97 Å². The summed E-state index contributed by atoms with van der Waals surface area (Å²) in [5.74, 6) is -0.282. The summed E-state index contributed by atoms with van der Waals surface area (Å²) >= 11 is 3.55. The van der Waals surface area contributed by atoms with Gasteiger partial charge in [0, 0.05) is 33.2 Å². The topological polar surface area (TPSA) is 45.3 Å². The SMILES string of the molecule is Cc1[nH]c2ccc(CCN3CCCCC3)cc2c1C(=O)OC(C)c1ccccc1Br. The Bertz CT molecular complexity index is 1040. The van der Waals surface area contributed by atoms with E-state index in [0.29, 0.717) is 5.56 Å². The number of rotatable bonds is 6. The summed E-state index contributed by atoms with van der Waals surface area (Å²) in [5.41, 5.74) is 4.70. The maximum absolute atomic E-state index is 13.1. The standard InChI is InChI=1S/C25H29BrN2O2/c1-17-24(25(29)30-18(2)20-8-4-5-9-22(20)26)21-16-19(10-11-23(21)27-17)12-15-28-13-6-3-7-14-28/h4-5,8-11,16,18,27H,3,6-7,12-15H2,1-2H3. The van der Waals surface area contributed by atoms with Crippen LogP contribution in [-0.4, -0.2) is 35.5 Å². The Morgan fingerprint density at radius 3 is 2.70 bits per heavy atom. The van der Waals surface area contributed by atoms with Crippen LogP contribution in [0.2, 0.25) is 0 Å². The predicted octanol–water partition coefficient (Wildman–Crippen LogP) is 6.19. The maximum atomic E-state index is 13.1. The van der Waals surface area contributed by atoms with Gasteiger partial charge in [0.15, 0.2) is 0 Å². The highest BCUT2D eigenvalue weighted by molar-refractivity contribution is 9.10. The van der Waals surface area contributed by atoms with Crippen LogP contribution in [0, 0.1) is 6.92 Å². The Balaban J connectivity index is 1.53. The second kappa shape index (κ2) is 9.36. The number of nitrogens with zero attached hydrogens (tertiary/aromatic N) is 1. The van der Waals surface area contributed by atoms with Crippen LogP contribution in [0.25, 0.3) is 10.9 Å². The number of esters is 1. The summed E-state index contributed by atoms with van der Waals surface area (Å²) in [6.45, 7) is 7.33. The van der Waals surface area contributed by atoms with Crippen molar-refractivity contribution < 1.29 is 9.53 Å². The van der Waals surface area contributed by atoms with Crippen molar-refractivity contribution in [2.75, 3.05) is 19.6 Å². The molecule has 4 rings (SSSR count). The molecule has 2 heterocycles. The summed E-state index contributed by atoms with van der Waals surface area (Å²) in [6.07, 6.45) is 4.64. The Morgan fingerprint density at radius 2 is 1.93 bits per heavy atom. The zero-order chi connectivity index (χ0) is 21.1. The molecule has 1 unspecified atom stereocenters. The van der Waals surface area contributed by atoms with Crippen LogP contribution >= 0.6 is 15.9 Å². The molecule has 1 saturated heterocycles. The van der Waals surface area contributed by atoms with Crippen molar-refractivity contribution in [2.24, 2.45) is 0 Å². The first kappa shape index (κ1) is 21.1. The van der Waals surface area contributed by atoms with Crippen molar-refractivity contribution in [3.8, 4) is 0 Å². The van der Waals surface area contributed by atoms with Crippen LogP contribution in [0.3, 0.4) is 0 Å². The van der Waals surface area contributed by atoms with E-state index >= 15 is 0 Å². The lowest BCUT2D eigenvalue weighted by Crippen LogP contribution is -2.31. The second-order valence-corrected chi connectivity index (χ2v) is 9.08. The third-order valence-electron chi connectivity index (χ3n) is 6.05. The van der Waals surface area contributed by atoms with E-state index in [4.69, 9.17) is 4.74 Å². The lowest BCUT2D eigenvalue weighted by atomic mass is 10.0. The molecule has 2 aromatic carbocycles. The smallest absolute Gasteiger partial charge is 0.341 e. The first-order valence-corrected chi connectivity index (χ1v) is 11.6. The third-order valence-corrected chi connectivity index (χ3v) is 6.77. The minimum absolute atomic E-state index is 0.282. The number of carbonyl (C=O) groups is 1. The lowest BCUT2D eigenvalue weighted by molar-refractivity contribution is 0.0338. The van der Waals surface area contributed by atoms with Crippen molar-refractivity contribution in [1.82, 2.24) is 9.88 Å². The van der Waals surface area contributed by atoms with Gasteiger partial charge in [0.25, 0.3) is 0 Å². The minimum atomic E-state index is -0.334. The fourth-order valence-corrected chi connectivity index (χ4v) is 4.96. The molecule has 0 aliphatic carbocycles. The Labute approximate surface area is 186 Å². The highest BCUT2D eigenvalue weighted by atomic mass is 79.9. The van der Waals surface area contributed by atoms with Crippen LogP contribution in [0.1, 0.15) is 59.5 Å². The Kier molecular flexibility index (Phi) is 6.59. The average Bonchev–Trinajstić information content (AvgIpc) is 3.08. The van der Waals surface area contributed by atoms with Crippen molar-refractivity contribution in [3.63, 3.8) is 0 Å². The van der Waals surface area contributed by atoms with E-state index in [9.17, 15) is 4.79 Å². The zero-order valence-electron chi connectivity index (χ0n) is 17.7. The van der Waals surface area contributed by atoms with Gasteiger partial charge in [-0.2, -0.15) is 0 Å². The molecule has 3 aromatic rings. The van der Waals surface area contributed by atoms with E-state index in [2.05, 4.69) is 44.0 Å². The number of ether oxygens (including phenoxy) is 1. The van der Waals surface area contributed by atoms with Gasteiger partial charge in [-0.1, -0.05) is 46.6 Å². The van der Waals surface area contributed by atoms with Gasteiger partial charge < -0.3 is 14.6 Å².